The van der Waals surface area contributed by atoms with Crippen LogP contribution in [0.3, 0.4) is 0 Å². The molecule has 2 nitrogen and oxygen atoms in total. The van der Waals surface area contributed by atoms with Gasteiger partial charge in [-0.3, -0.25) is 4.98 Å². The van der Waals surface area contributed by atoms with Crippen LogP contribution >= 0.6 is 11.3 Å². The number of hydrogen-bond acceptors (Lipinski definition) is 3. The van der Waals surface area contributed by atoms with Crippen LogP contribution in [0, 0.1) is 6.92 Å². The van der Waals surface area contributed by atoms with Crippen molar-refractivity contribution in [2.45, 2.75) is 25.9 Å². The summed E-state index contributed by atoms with van der Waals surface area (Å²) in [4.78, 5) is 4.19. The Hall–Kier alpha value is -1.19. The Labute approximate surface area is 99.6 Å². The third kappa shape index (κ3) is 2.90. The van der Waals surface area contributed by atoms with E-state index in [1.54, 1.807) is 17.5 Å². The number of thiophene rings is 1. The lowest BCUT2D eigenvalue weighted by Gasteiger charge is -2.09. The van der Waals surface area contributed by atoms with Gasteiger partial charge in [0.15, 0.2) is 0 Å². The number of hydrogen-bond donors (Lipinski definition) is 1. The van der Waals surface area contributed by atoms with Gasteiger partial charge in [-0.15, -0.1) is 0 Å². The smallest absolute Gasteiger partial charge is 0.0808 e. The molecule has 1 unspecified atom stereocenters. The summed E-state index contributed by atoms with van der Waals surface area (Å²) in [6.07, 6.45) is 3.01. The SMILES string of the molecule is Cc1ccc(C(O)CCc2ccsc2)cn1. The molecule has 0 radical (unpaired) electrons. The Kier molecular flexibility index (Phi) is 3.70. The van der Waals surface area contributed by atoms with Crippen LogP contribution in [-0.4, -0.2) is 10.1 Å². The molecule has 84 valence electrons. The zero-order chi connectivity index (χ0) is 11.4. The van der Waals surface area contributed by atoms with Gasteiger partial charge in [0.25, 0.3) is 0 Å². The van der Waals surface area contributed by atoms with Gasteiger partial charge in [0.1, 0.15) is 0 Å². The van der Waals surface area contributed by atoms with E-state index in [2.05, 4.69) is 21.8 Å². The Morgan fingerprint density at radius 3 is 2.88 bits per heavy atom. The number of aryl methyl sites for hydroxylation is 2. The average Bonchev–Trinajstić information content (AvgIpc) is 2.80. The maximum absolute atomic E-state index is 9.97. The molecule has 2 rings (SSSR count). The van der Waals surface area contributed by atoms with Crippen molar-refractivity contribution in [2.24, 2.45) is 0 Å². The second-order valence-electron chi connectivity index (χ2n) is 3.92. The highest BCUT2D eigenvalue weighted by Gasteiger charge is 2.07. The molecule has 16 heavy (non-hydrogen) atoms. The minimum Gasteiger partial charge on any atom is -0.388 e. The lowest BCUT2D eigenvalue weighted by molar-refractivity contribution is 0.167. The maximum Gasteiger partial charge on any atom is 0.0808 e. The van der Waals surface area contributed by atoms with E-state index in [4.69, 9.17) is 0 Å². The zero-order valence-corrected chi connectivity index (χ0v) is 10.1. The van der Waals surface area contributed by atoms with E-state index in [1.807, 2.05) is 19.1 Å². The summed E-state index contributed by atoms with van der Waals surface area (Å²) in [5.41, 5.74) is 3.18. The highest BCUT2D eigenvalue weighted by atomic mass is 32.1. The van der Waals surface area contributed by atoms with E-state index in [9.17, 15) is 5.11 Å². The Balaban J connectivity index is 1.93. The summed E-state index contributed by atoms with van der Waals surface area (Å²) >= 11 is 1.70. The molecular weight excluding hydrogens is 218 g/mol. The molecule has 2 heterocycles. The van der Waals surface area contributed by atoms with Crippen molar-refractivity contribution >= 4 is 11.3 Å². The van der Waals surface area contributed by atoms with Gasteiger partial charge in [-0.2, -0.15) is 11.3 Å². The molecule has 3 heteroatoms. The molecule has 0 aliphatic carbocycles. The first-order chi connectivity index (χ1) is 7.75. The van der Waals surface area contributed by atoms with Crippen molar-refractivity contribution in [3.8, 4) is 0 Å². The van der Waals surface area contributed by atoms with Crippen LogP contribution in [-0.2, 0) is 6.42 Å². The average molecular weight is 233 g/mol. The first-order valence-corrected chi connectivity index (χ1v) is 6.31. The number of aromatic nitrogens is 1. The monoisotopic (exact) mass is 233 g/mol. The third-order valence-corrected chi connectivity index (χ3v) is 3.34. The standard InChI is InChI=1S/C13H15NOS/c1-10-2-4-12(8-14-10)13(15)5-3-11-6-7-16-9-11/h2,4,6-9,13,15H,3,5H2,1H3. The molecule has 0 saturated heterocycles. The van der Waals surface area contributed by atoms with Crippen molar-refractivity contribution in [3.05, 3.63) is 52.0 Å². The van der Waals surface area contributed by atoms with E-state index in [1.165, 1.54) is 5.56 Å². The second-order valence-corrected chi connectivity index (χ2v) is 4.70. The van der Waals surface area contributed by atoms with Gasteiger partial charge in [0, 0.05) is 11.9 Å². The Morgan fingerprint density at radius 1 is 1.38 bits per heavy atom. The summed E-state index contributed by atoms with van der Waals surface area (Å²) in [6, 6.07) is 5.98. The van der Waals surface area contributed by atoms with Crippen molar-refractivity contribution in [1.29, 1.82) is 0 Å². The summed E-state index contributed by atoms with van der Waals surface area (Å²) in [5.74, 6) is 0. The van der Waals surface area contributed by atoms with E-state index in [-0.39, 0.29) is 0 Å². The fourth-order valence-corrected chi connectivity index (χ4v) is 2.28. The summed E-state index contributed by atoms with van der Waals surface area (Å²) in [6.45, 7) is 1.95. The number of rotatable bonds is 4. The van der Waals surface area contributed by atoms with Crippen LogP contribution in [0.15, 0.2) is 35.2 Å². The van der Waals surface area contributed by atoms with Crippen LogP contribution in [0.2, 0.25) is 0 Å². The molecule has 0 spiro atoms. The third-order valence-electron chi connectivity index (χ3n) is 2.61. The Bertz CT molecular complexity index is 422. The minimum absolute atomic E-state index is 0.409. The van der Waals surface area contributed by atoms with Crippen LogP contribution in [0.1, 0.15) is 29.3 Å². The molecule has 0 fully saturated rings. The normalized spacial score (nSPS) is 12.6. The minimum atomic E-state index is -0.409. The molecule has 0 saturated carbocycles. The fraction of sp³-hybridized carbons (Fsp3) is 0.308. The summed E-state index contributed by atoms with van der Waals surface area (Å²) in [7, 11) is 0. The van der Waals surface area contributed by atoms with Gasteiger partial charge in [-0.25, -0.2) is 0 Å². The number of aliphatic hydroxyl groups excluding tert-OH is 1. The number of pyridine rings is 1. The van der Waals surface area contributed by atoms with E-state index in [0.29, 0.717) is 0 Å². The zero-order valence-electron chi connectivity index (χ0n) is 9.26. The molecule has 2 aromatic heterocycles. The van der Waals surface area contributed by atoms with Crippen LogP contribution in [0.5, 0.6) is 0 Å². The summed E-state index contributed by atoms with van der Waals surface area (Å²) < 4.78 is 0. The molecule has 0 aliphatic rings. The second kappa shape index (κ2) is 5.23. The van der Waals surface area contributed by atoms with Crippen molar-refractivity contribution in [1.82, 2.24) is 4.98 Å². The first kappa shape index (κ1) is 11.3. The predicted octanol–water partition coefficient (Wildman–Crippen LogP) is 3.12. The highest BCUT2D eigenvalue weighted by Crippen LogP contribution is 2.19. The quantitative estimate of drug-likeness (QED) is 0.880. The molecule has 0 aliphatic heterocycles. The lowest BCUT2D eigenvalue weighted by atomic mass is 10.0. The van der Waals surface area contributed by atoms with Crippen LogP contribution < -0.4 is 0 Å². The lowest BCUT2D eigenvalue weighted by Crippen LogP contribution is -2.00. The molecule has 0 aromatic carbocycles. The molecule has 1 atom stereocenters. The van der Waals surface area contributed by atoms with Crippen LogP contribution in [0.4, 0.5) is 0 Å². The van der Waals surface area contributed by atoms with E-state index < -0.39 is 6.10 Å². The number of nitrogens with zero attached hydrogens (tertiary/aromatic N) is 1. The highest BCUT2D eigenvalue weighted by molar-refractivity contribution is 7.07. The van der Waals surface area contributed by atoms with E-state index in [0.717, 1.165) is 24.1 Å². The van der Waals surface area contributed by atoms with Gasteiger partial charge in [-0.1, -0.05) is 6.07 Å². The molecule has 0 bridgehead atoms. The maximum atomic E-state index is 9.97. The van der Waals surface area contributed by atoms with E-state index >= 15 is 0 Å². The van der Waals surface area contributed by atoms with Crippen molar-refractivity contribution in [2.75, 3.05) is 0 Å². The largest absolute Gasteiger partial charge is 0.388 e. The summed E-state index contributed by atoms with van der Waals surface area (Å²) in [5, 5.41) is 14.2. The topological polar surface area (TPSA) is 33.1 Å². The van der Waals surface area contributed by atoms with Crippen molar-refractivity contribution < 1.29 is 5.11 Å². The van der Waals surface area contributed by atoms with Gasteiger partial charge >= 0.3 is 0 Å². The van der Waals surface area contributed by atoms with Gasteiger partial charge in [0.2, 0.25) is 0 Å². The molecular formula is C13H15NOS. The fourth-order valence-electron chi connectivity index (χ4n) is 1.58. The van der Waals surface area contributed by atoms with Gasteiger partial charge < -0.3 is 5.11 Å². The Morgan fingerprint density at radius 2 is 2.25 bits per heavy atom. The molecule has 1 N–H and O–H groups in total. The molecule has 2 aromatic rings. The molecule has 0 amide bonds. The van der Waals surface area contributed by atoms with Crippen molar-refractivity contribution in [3.63, 3.8) is 0 Å². The number of aliphatic hydroxyl groups is 1. The van der Waals surface area contributed by atoms with Crippen LogP contribution in [0.25, 0.3) is 0 Å². The first-order valence-electron chi connectivity index (χ1n) is 5.37. The van der Waals surface area contributed by atoms with Gasteiger partial charge in [0.05, 0.1) is 6.10 Å². The predicted molar refractivity (Wildman–Crippen MR) is 66.6 cm³/mol. The van der Waals surface area contributed by atoms with Gasteiger partial charge in [-0.05, 0) is 53.8 Å².